The van der Waals surface area contributed by atoms with Crippen molar-refractivity contribution in [2.24, 2.45) is 46.3 Å². The van der Waals surface area contributed by atoms with E-state index >= 15 is 0 Å². The monoisotopic (exact) mass is 1010 g/mol. The van der Waals surface area contributed by atoms with Crippen LogP contribution in [-0.4, -0.2) is 174 Å². The molecule has 7 fully saturated rings. The summed E-state index contributed by atoms with van der Waals surface area (Å²) in [4.78, 5) is 13.2. The third-order valence-corrected chi connectivity index (χ3v) is 17.6. The van der Waals surface area contributed by atoms with E-state index in [0.717, 1.165) is 123 Å². The number of hydrogen-bond donors (Lipinski definition) is 1. The van der Waals surface area contributed by atoms with Crippen LogP contribution in [0.15, 0.2) is 0 Å². The zero-order chi connectivity index (χ0) is 49.6. The summed E-state index contributed by atoms with van der Waals surface area (Å²) in [5.74, 6) is 2.42. The van der Waals surface area contributed by atoms with Gasteiger partial charge in [0, 0.05) is 31.7 Å². The van der Waals surface area contributed by atoms with Gasteiger partial charge >= 0.3 is 5.97 Å². The summed E-state index contributed by atoms with van der Waals surface area (Å²) in [6.07, 6.45) is 18.7. The van der Waals surface area contributed by atoms with Crippen molar-refractivity contribution >= 4 is 5.97 Å². The molecule has 3 saturated heterocycles. The van der Waals surface area contributed by atoms with Crippen LogP contribution in [0.3, 0.4) is 0 Å². The molecule has 3 unspecified atom stereocenters. The highest BCUT2D eigenvalue weighted by atomic mass is 16.7. The molecule has 0 radical (unpaired) electrons. The van der Waals surface area contributed by atoms with Crippen LogP contribution in [0.5, 0.6) is 0 Å². The van der Waals surface area contributed by atoms with E-state index in [1.165, 1.54) is 6.42 Å². The van der Waals surface area contributed by atoms with Crippen molar-refractivity contribution in [2.75, 3.05) is 126 Å². The second-order valence-electron chi connectivity index (χ2n) is 22.0. The molecule has 0 spiro atoms. The Morgan fingerprint density at radius 2 is 1.07 bits per heavy atom. The number of fused-ring (bicyclic) bond motifs is 5. The van der Waals surface area contributed by atoms with Crippen molar-refractivity contribution in [2.45, 2.75) is 174 Å². The molecule has 7 aliphatic rings. The highest BCUT2D eigenvalue weighted by Crippen LogP contribution is 2.69. The third-order valence-electron chi connectivity index (χ3n) is 17.6. The molecule has 3 aliphatic heterocycles. The predicted molar refractivity (Wildman–Crippen MR) is 264 cm³/mol. The van der Waals surface area contributed by atoms with Gasteiger partial charge in [-0.2, -0.15) is 0 Å². The minimum Gasteiger partial charge on any atom is -0.463 e. The standard InChI is InChI=1S/C55H96O16/c1-41(13-16-49(57)65-37-36-64-35-34-63-33-32-62-31-30-61-29-28-60-27-26-59-25-24-58-23-19-56)44-14-15-45-53-46(40-48(55(44,45)3)71-52-12-6-9-22-68-52)54(2)18-17-43(69-50-10-4-7-20-66-50)38-42(54)39-47(53)70-51-11-5-8-21-67-51/h41-48,50-53,56H,4-40H2,1-3H3/t41-,42+,43-,44-,45+,46+,47-,48+,50?,51?,52?,53+,54+,55-/m1/s1. The zero-order valence-electron chi connectivity index (χ0n) is 44.2. The molecule has 1 N–H and O–H groups in total. The minimum absolute atomic E-state index is 0.0184. The van der Waals surface area contributed by atoms with Gasteiger partial charge in [-0.3, -0.25) is 4.79 Å². The molecule has 0 aromatic carbocycles. The molecule has 16 heteroatoms. The number of hydrogen-bond acceptors (Lipinski definition) is 16. The minimum atomic E-state index is -0.165. The van der Waals surface area contributed by atoms with Crippen molar-refractivity contribution in [3.8, 4) is 0 Å². The van der Waals surface area contributed by atoms with E-state index in [4.69, 9.17) is 71.4 Å². The Bertz CT molecular complexity index is 1440. The number of esters is 1. The number of aliphatic hydroxyl groups is 1. The van der Waals surface area contributed by atoms with Gasteiger partial charge in [-0.25, -0.2) is 0 Å². The molecule has 0 bridgehead atoms. The van der Waals surface area contributed by atoms with Gasteiger partial charge in [0.2, 0.25) is 0 Å². The molecule has 7 rings (SSSR count). The maximum absolute atomic E-state index is 13.2. The summed E-state index contributed by atoms with van der Waals surface area (Å²) in [7, 11) is 0. The Hall–Kier alpha value is -1.09. The molecule has 412 valence electrons. The van der Waals surface area contributed by atoms with Gasteiger partial charge in [-0.1, -0.05) is 20.8 Å². The van der Waals surface area contributed by atoms with E-state index < -0.39 is 0 Å². The summed E-state index contributed by atoms with van der Waals surface area (Å²) in [5.41, 5.74) is 0.0931. The Kier molecular flexibility index (Phi) is 25.3. The van der Waals surface area contributed by atoms with Crippen LogP contribution in [0.4, 0.5) is 0 Å². The van der Waals surface area contributed by atoms with Crippen LogP contribution in [0.2, 0.25) is 0 Å². The Labute approximate surface area is 426 Å². The molecular weight excluding hydrogens is 917 g/mol. The number of rotatable bonds is 33. The van der Waals surface area contributed by atoms with Gasteiger partial charge in [0.15, 0.2) is 18.9 Å². The second kappa shape index (κ2) is 31.2. The predicted octanol–water partition coefficient (Wildman–Crippen LogP) is 7.67. The van der Waals surface area contributed by atoms with Crippen LogP contribution in [-0.2, 0) is 71.1 Å². The average Bonchev–Trinajstić information content (AvgIpc) is 3.75. The van der Waals surface area contributed by atoms with Crippen LogP contribution < -0.4 is 0 Å². The lowest BCUT2D eigenvalue weighted by Gasteiger charge is -2.65. The Morgan fingerprint density at radius 3 is 1.59 bits per heavy atom. The maximum Gasteiger partial charge on any atom is 0.305 e. The first kappa shape index (κ1) is 57.6. The first-order valence-electron chi connectivity index (χ1n) is 28.4. The van der Waals surface area contributed by atoms with E-state index in [1.54, 1.807) is 0 Å². The fraction of sp³-hybridized carbons (Fsp3) is 0.982. The number of aliphatic hydroxyl groups excluding tert-OH is 1. The molecule has 0 amide bonds. The molecule has 0 aromatic rings. The zero-order valence-corrected chi connectivity index (χ0v) is 44.2. The van der Waals surface area contributed by atoms with E-state index in [2.05, 4.69) is 20.8 Å². The van der Waals surface area contributed by atoms with Gasteiger partial charge in [0.25, 0.3) is 0 Å². The van der Waals surface area contributed by atoms with Crippen LogP contribution in [0.1, 0.15) is 136 Å². The number of carbonyl (C=O) groups is 1. The van der Waals surface area contributed by atoms with Crippen molar-refractivity contribution in [3.05, 3.63) is 0 Å². The smallest absolute Gasteiger partial charge is 0.305 e. The van der Waals surface area contributed by atoms with Crippen molar-refractivity contribution in [1.82, 2.24) is 0 Å². The summed E-state index contributed by atoms with van der Waals surface area (Å²) < 4.78 is 84.2. The quantitative estimate of drug-likeness (QED) is 0.0386. The molecule has 71 heavy (non-hydrogen) atoms. The summed E-state index contributed by atoms with van der Waals surface area (Å²) in [5, 5.41) is 8.67. The molecule has 16 nitrogen and oxygen atoms in total. The Balaban J connectivity index is 0.826. The fourth-order valence-electron chi connectivity index (χ4n) is 13.9. The SMILES string of the molecule is C[C@H](CCC(=O)OCCOCCOCCOCCOCCOCCOCCOCCO)[C@H]1CC[C@H]2[C@@H]3[C@H](OC4CCCCO4)C[C@@H]4C[C@H](OC5CCCCO5)CC[C@]4(C)[C@H]3C[C@H](OC3CCCCO3)[C@]12C. The van der Waals surface area contributed by atoms with Crippen molar-refractivity contribution in [1.29, 1.82) is 0 Å². The lowest BCUT2D eigenvalue weighted by molar-refractivity contribution is -0.289. The van der Waals surface area contributed by atoms with E-state index in [-0.39, 0.29) is 67.2 Å². The highest BCUT2D eigenvalue weighted by molar-refractivity contribution is 5.69. The van der Waals surface area contributed by atoms with Gasteiger partial charge < -0.3 is 71.4 Å². The summed E-state index contributed by atoms with van der Waals surface area (Å²) in [6, 6.07) is 0. The largest absolute Gasteiger partial charge is 0.463 e. The lowest BCUT2D eigenvalue weighted by Crippen LogP contribution is -2.64. The average molecular weight is 1010 g/mol. The van der Waals surface area contributed by atoms with E-state index in [9.17, 15) is 4.79 Å². The topological polar surface area (TPSA) is 167 Å². The van der Waals surface area contributed by atoms with Crippen LogP contribution in [0, 0.1) is 46.3 Å². The molecule has 4 saturated carbocycles. The molecule has 0 aromatic heterocycles. The first-order valence-corrected chi connectivity index (χ1v) is 28.4. The third kappa shape index (κ3) is 17.2. The van der Waals surface area contributed by atoms with Crippen LogP contribution >= 0.6 is 0 Å². The summed E-state index contributed by atoms with van der Waals surface area (Å²) in [6.45, 7) is 16.5. The van der Waals surface area contributed by atoms with Crippen molar-refractivity contribution in [3.63, 3.8) is 0 Å². The normalized spacial score (nSPS) is 35.6. The fourth-order valence-corrected chi connectivity index (χ4v) is 13.9. The molecular formula is C55H96O16. The van der Waals surface area contributed by atoms with Gasteiger partial charge in [-0.05, 0) is 150 Å². The number of ether oxygens (including phenoxy) is 14. The highest BCUT2D eigenvalue weighted by Gasteiger charge is 2.67. The number of carbonyl (C=O) groups excluding carboxylic acids is 1. The van der Waals surface area contributed by atoms with Gasteiger partial charge in [-0.15, -0.1) is 0 Å². The molecule has 3 heterocycles. The van der Waals surface area contributed by atoms with Crippen molar-refractivity contribution < 1.29 is 76.2 Å². The first-order chi connectivity index (χ1) is 34.8. The van der Waals surface area contributed by atoms with Crippen LogP contribution in [0.25, 0.3) is 0 Å². The summed E-state index contributed by atoms with van der Waals surface area (Å²) >= 11 is 0. The second-order valence-corrected chi connectivity index (χ2v) is 22.0. The Morgan fingerprint density at radius 1 is 0.563 bits per heavy atom. The van der Waals surface area contributed by atoms with Gasteiger partial charge in [0.05, 0.1) is 117 Å². The molecule has 4 aliphatic carbocycles. The van der Waals surface area contributed by atoms with E-state index in [1.807, 2.05) is 0 Å². The van der Waals surface area contributed by atoms with E-state index in [0.29, 0.717) is 134 Å². The van der Waals surface area contributed by atoms with Gasteiger partial charge in [0.1, 0.15) is 6.61 Å². The lowest BCUT2D eigenvalue weighted by atomic mass is 9.43. The molecule has 14 atom stereocenters. The maximum atomic E-state index is 13.2.